The molecule has 0 amide bonds. The molecular formula is C13H15FO4. The highest BCUT2D eigenvalue weighted by Gasteiger charge is 2.02. The molecule has 98 valence electrons. The van der Waals surface area contributed by atoms with Gasteiger partial charge in [-0.1, -0.05) is 0 Å². The van der Waals surface area contributed by atoms with E-state index < -0.39 is 11.8 Å². The Morgan fingerprint density at radius 1 is 1.44 bits per heavy atom. The monoisotopic (exact) mass is 254 g/mol. The lowest BCUT2D eigenvalue weighted by molar-refractivity contribution is -0.137. The number of hydrogen-bond acceptors (Lipinski definition) is 4. The number of ether oxygens (including phenoxy) is 3. The summed E-state index contributed by atoms with van der Waals surface area (Å²) in [6.07, 6.45) is 2.53. The van der Waals surface area contributed by atoms with E-state index in [9.17, 15) is 9.18 Å². The van der Waals surface area contributed by atoms with Crippen molar-refractivity contribution in [2.75, 3.05) is 20.5 Å². The summed E-state index contributed by atoms with van der Waals surface area (Å²) in [6, 6.07) is 4.33. The van der Waals surface area contributed by atoms with Crippen LogP contribution in [0.2, 0.25) is 0 Å². The van der Waals surface area contributed by atoms with Crippen molar-refractivity contribution in [3.8, 4) is 5.75 Å². The van der Waals surface area contributed by atoms with Crippen LogP contribution in [0.4, 0.5) is 4.39 Å². The quantitative estimate of drug-likeness (QED) is 0.444. The van der Waals surface area contributed by atoms with Gasteiger partial charge in [-0.25, -0.2) is 9.18 Å². The standard InChI is InChI=1S/C13H15FO4/c1-3-17-13(15)7-5-10-4-6-11(8-12(10)14)18-9-16-2/h4-8H,3,9H2,1-2H3. The smallest absolute Gasteiger partial charge is 0.330 e. The summed E-state index contributed by atoms with van der Waals surface area (Å²) in [4.78, 5) is 11.1. The van der Waals surface area contributed by atoms with Gasteiger partial charge in [0.05, 0.1) is 6.61 Å². The third-order valence-corrected chi connectivity index (χ3v) is 2.00. The number of halogens is 1. The SMILES string of the molecule is CCOC(=O)C=Cc1ccc(OCOC)cc1F. The van der Waals surface area contributed by atoms with Crippen LogP contribution in [0.15, 0.2) is 24.3 Å². The molecule has 1 aromatic rings. The lowest BCUT2D eigenvalue weighted by atomic mass is 10.2. The first-order chi connectivity index (χ1) is 8.67. The topological polar surface area (TPSA) is 44.8 Å². The van der Waals surface area contributed by atoms with Crippen LogP contribution in [0.25, 0.3) is 6.08 Å². The predicted molar refractivity (Wildman–Crippen MR) is 64.6 cm³/mol. The summed E-state index contributed by atoms with van der Waals surface area (Å²) in [5.41, 5.74) is 0.285. The second-order valence-corrected chi connectivity index (χ2v) is 3.32. The largest absolute Gasteiger partial charge is 0.467 e. The molecule has 0 radical (unpaired) electrons. The molecule has 0 spiro atoms. The predicted octanol–water partition coefficient (Wildman–Crippen LogP) is 2.38. The van der Waals surface area contributed by atoms with Crippen molar-refractivity contribution in [3.05, 3.63) is 35.7 Å². The van der Waals surface area contributed by atoms with Gasteiger partial charge in [0.1, 0.15) is 11.6 Å². The van der Waals surface area contributed by atoms with Crippen molar-refractivity contribution < 1.29 is 23.4 Å². The van der Waals surface area contributed by atoms with Crippen LogP contribution in [-0.4, -0.2) is 26.5 Å². The van der Waals surface area contributed by atoms with Gasteiger partial charge in [-0.3, -0.25) is 0 Å². The molecule has 0 N–H and O–H groups in total. The van der Waals surface area contributed by atoms with E-state index in [0.717, 1.165) is 0 Å². The van der Waals surface area contributed by atoms with E-state index in [1.807, 2.05) is 0 Å². The Morgan fingerprint density at radius 3 is 2.83 bits per heavy atom. The molecule has 0 aliphatic heterocycles. The molecule has 0 heterocycles. The second-order valence-electron chi connectivity index (χ2n) is 3.32. The van der Waals surface area contributed by atoms with Gasteiger partial charge in [-0.15, -0.1) is 0 Å². The van der Waals surface area contributed by atoms with E-state index in [-0.39, 0.29) is 19.0 Å². The van der Waals surface area contributed by atoms with E-state index >= 15 is 0 Å². The van der Waals surface area contributed by atoms with Crippen molar-refractivity contribution in [1.82, 2.24) is 0 Å². The molecule has 0 fully saturated rings. The lowest BCUT2D eigenvalue weighted by Crippen LogP contribution is -2.00. The van der Waals surface area contributed by atoms with Gasteiger partial charge >= 0.3 is 5.97 Å². The highest BCUT2D eigenvalue weighted by atomic mass is 19.1. The Balaban J connectivity index is 2.70. The number of benzene rings is 1. The summed E-state index contributed by atoms with van der Waals surface area (Å²) in [5, 5.41) is 0. The van der Waals surface area contributed by atoms with Crippen LogP contribution in [0.3, 0.4) is 0 Å². The molecule has 18 heavy (non-hydrogen) atoms. The average Bonchev–Trinajstić information content (AvgIpc) is 2.35. The van der Waals surface area contributed by atoms with Crippen LogP contribution < -0.4 is 4.74 Å². The zero-order chi connectivity index (χ0) is 13.4. The fraction of sp³-hybridized carbons (Fsp3) is 0.308. The molecule has 5 heteroatoms. The van der Waals surface area contributed by atoms with Crippen LogP contribution >= 0.6 is 0 Å². The van der Waals surface area contributed by atoms with Crippen molar-refractivity contribution in [2.24, 2.45) is 0 Å². The van der Waals surface area contributed by atoms with Crippen molar-refractivity contribution in [3.63, 3.8) is 0 Å². The number of rotatable bonds is 6. The van der Waals surface area contributed by atoms with Crippen molar-refractivity contribution in [2.45, 2.75) is 6.92 Å². The normalized spacial score (nSPS) is 10.6. The molecule has 1 rings (SSSR count). The van der Waals surface area contributed by atoms with Gasteiger partial charge in [-0.05, 0) is 25.1 Å². The number of hydrogen-bond donors (Lipinski definition) is 0. The third-order valence-electron chi connectivity index (χ3n) is 2.00. The van der Waals surface area contributed by atoms with E-state index in [1.165, 1.54) is 31.4 Å². The molecule has 0 bridgehead atoms. The molecule has 0 saturated carbocycles. The highest BCUT2D eigenvalue weighted by Crippen LogP contribution is 2.17. The van der Waals surface area contributed by atoms with Gasteiger partial charge in [0.2, 0.25) is 0 Å². The minimum absolute atomic E-state index is 0.0530. The average molecular weight is 254 g/mol. The summed E-state index contributed by atoms with van der Waals surface area (Å²) in [7, 11) is 1.48. The summed E-state index contributed by atoms with van der Waals surface area (Å²) in [5.74, 6) is -0.622. The molecule has 0 aliphatic carbocycles. The lowest BCUT2D eigenvalue weighted by Gasteiger charge is -2.05. The van der Waals surface area contributed by atoms with Crippen molar-refractivity contribution in [1.29, 1.82) is 0 Å². The van der Waals surface area contributed by atoms with Crippen LogP contribution in [0.5, 0.6) is 5.75 Å². The van der Waals surface area contributed by atoms with Gasteiger partial charge in [0, 0.05) is 24.8 Å². The van der Waals surface area contributed by atoms with E-state index in [2.05, 4.69) is 0 Å². The van der Waals surface area contributed by atoms with E-state index in [4.69, 9.17) is 14.2 Å². The van der Waals surface area contributed by atoms with Crippen LogP contribution in [0, 0.1) is 5.82 Å². The Kier molecular flexibility index (Phi) is 5.87. The van der Waals surface area contributed by atoms with Gasteiger partial charge < -0.3 is 14.2 Å². The Bertz CT molecular complexity index is 429. The first-order valence-electron chi connectivity index (χ1n) is 5.43. The molecule has 1 aromatic carbocycles. The molecule has 0 saturated heterocycles. The van der Waals surface area contributed by atoms with Gasteiger partial charge in [0.25, 0.3) is 0 Å². The Labute approximate surface area is 105 Å². The second kappa shape index (κ2) is 7.45. The van der Waals surface area contributed by atoms with Gasteiger partial charge in [0.15, 0.2) is 6.79 Å². The zero-order valence-electron chi connectivity index (χ0n) is 10.3. The minimum Gasteiger partial charge on any atom is -0.467 e. The number of carbonyl (C=O) groups is 1. The highest BCUT2D eigenvalue weighted by molar-refractivity contribution is 5.87. The van der Waals surface area contributed by atoms with Gasteiger partial charge in [-0.2, -0.15) is 0 Å². The van der Waals surface area contributed by atoms with E-state index in [1.54, 1.807) is 13.0 Å². The maximum atomic E-state index is 13.6. The zero-order valence-corrected chi connectivity index (χ0v) is 10.3. The fourth-order valence-corrected chi connectivity index (χ4v) is 1.21. The number of carbonyl (C=O) groups excluding carboxylic acids is 1. The van der Waals surface area contributed by atoms with Crippen molar-refractivity contribution >= 4 is 12.0 Å². The van der Waals surface area contributed by atoms with Crippen LogP contribution in [0.1, 0.15) is 12.5 Å². The maximum absolute atomic E-state index is 13.6. The van der Waals surface area contributed by atoms with Crippen LogP contribution in [-0.2, 0) is 14.3 Å². The molecule has 0 atom stereocenters. The number of esters is 1. The molecule has 0 unspecified atom stereocenters. The third kappa shape index (κ3) is 4.55. The minimum atomic E-state index is -0.503. The molecule has 0 aliphatic rings. The first-order valence-corrected chi connectivity index (χ1v) is 5.43. The fourth-order valence-electron chi connectivity index (χ4n) is 1.21. The molecule has 4 nitrogen and oxygen atoms in total. The molecule has 0 aromatic heterocycles. The summed E-state index contributed by atoms with van der Waals surface area (Å²) >= 11 is 0. The molecular weight excluding hydrogens is 239 g/mol. The summed E-state index contributed by atoms with van der Waals surface area (Å²) < 4.78 is 28.1. The summed E-state index contributed by atoms with van der Waals surface area (Å²) in [6.45, 7) is 2.04. The Morgan fingerprint density at radius 2 is 2.22 bits per heavy atom. The number of methoxy groups -OCH3 is 1. The maximum Gasteiger partial charge on any atom is 0.330 e. The van der Waals surface area contributed by atoms with E-state index in [0.29, 0.717) is 5.75 Å². The Hall–Kier alpha value is -1.88. The first kappa shape index (κ1) is 14.2.